The van der Waals surface area contributed by atoms with Crippen molar-refractivity contribution in [3.05, 3.63) is 87.9 Å². The van der Waals surface area contributed by atoms with Gasteiger partial charge in [-0.25, -0.2) is 0 Å². The number of ether oxygens (including phenoxy) is 1. The first-order valence-corrected chi connectivity index (χ1v) is 8.88. The molecule has 0 bridgehead atoms. The Hall–Kier alpha value is -1.96. The van der Waals surface area contributed by atoms with Crippen molar-refractivity contribution in [2.75, 3.05) is 7.11 Å². The minimum absolute atomic E-state index is 0.126. The van der Waals surface area contributed by atoms with E-state index in [9.17, 15) is 0 Å². The Labute approximate surface area is 159 Å². The summed E-state index contributed by atoms with van der Waals surface area (Å²) in [5, 5.41) is 1.22. The maximum absolute atomic E-state index is 6.15. The third-order valence-electron chi connectivity index (χ3n) is 4.59. The molecule has 0 saturated carbocycles. The largest absolute Gasteiger partial charge is 0.496 e. The molecular formula is C22H20Cl2O. The summed E-state index contributed by atoms with van der Waals surface area (Å²) in [5.41, 5.74) is 4.24. The molecule has 0 saturated heterocycles. The summed E-state index contributed by atoms with van der Waals surface area (Å²) in [5.74, 6) is 0.805. The predicted octanol–water partition coefficient (Wildman–Crippen LogP) is 6.99. The lowest BCUT2D eigenvalue weighted by Gasteiger charge is -2.27. The van der Waals surface area contributed by atoms with E-state index >= 15 is 0 Å². The Morgan fingerprint density at radius 3 is 2.00 bits per heavy atom. The van der Waals surface area contributed by atoms with Crippen LogP contribution < -0.4 is 4.74 Å². The molecule has 0 radical (unpaired) electrons. The number of hydrogen-bond acceptors (Lipinski definition) is 1. The zero-order valence-electron chi connectivity index (χ0n) is 14.5. The molecule has 0 aromatic heterocycles. The van der Waals surface area contributed by atoms with Crippen LogP contribution in [0.25, 0.3) is 11.1 Å². The van der Waals surface area contributed by atoms with Gasteiger partial charge >= 0.3 is 0 Å². The summed E-state index contributed by atoms with van der Waals surface area (Å²) >= 11 is 12.3. The fourth-order valence-electron chi connectivity index (χ4n) is 3.05. The molecule has 0 aliphatic rings. The second kappa shape index (κ2) is 7.11. The first-order chi connectivity index (χ1) is 11.9. The van der Waals surface area contributed by atoms with Crippen LogP contribution in [0.4, 0.5) is 0 Å². The molecule has 1 nitrogen and oxygen atoms in total. The molecular weight excluding hydrogens is 351 g/mol. The van der Waals surface area contributed by atoms with Crippen LogP contribution in [0.5, 0.6) is 5.75 Å². The van der Waals surface area contributed by atoms with E-state index < -0.39 is 0 Å². The highest BCUT2D eigenvalue weighted by molar-refractivity contribution is 6.35. The van der Waals surface area contributed by atoms with Crippen molar-refractivity contribution in [2.24, 2.45) is 0 Å². The number of benzene rings is 3. The first-order valence-electron chi connectivity index (χ1n) is 8.12. The van der Waals surface area contributed by atoms with Gasteiger partial charge in [0.25, 0.3) is 0 Å². The number of rotatable bonds is 4. The van der Waals surface area contributed by atoms with Gasteiger partial charge in [-0.1, -0.05) is 79.5 Å². The van der Waals surface area contributed by atoms with Gasteiger partial charge in [0.2, 0.25) is 0 Å². The highest BCUT2D eigenvalue weighted by Gasteiger charge is 2.24. The highest BCUT2D eigenvalue weighted by atomic mass is 35.5. The molecule has 3 heteroatoms. The summed E-state index contributed by atoms with van der Waals surface area (Å²) in [7, 11) is 1.68. The molecule has 0 aliphatic carbocycles. The van der Waals surface area contributed by atoms with E-state index in [0.717, 1.165) is 16.9 Å². The quantitative estimate of drug-likeness (QED) is 0.480. The third kappa shape index (κ3) is 3.68. The smallest absolute Gasteiger partial charge is 0.126 e. The van der Waals surface area contributed by atoms with Crippen molar-refractivity contribution < 1.29 is 4.74 Å². The Balaban J connectivity index is 2.08. The van der Waals surface area contributed by atoms with Crippen molar-refractivity contribution >= 4 is 23.2 Å². The topological polar surface area (TPSA) is 9.23 Å². The minimum atomic E-state index is -0.126. The lowest BCUT2D eigenvalue weighted by molar-refractivity contribution is 0.415. The summed E-state index contributed by atoms with van der Waals surface area (Å²) < 4.78 is 5.67. The van der Waals surface area contributed by atoms with Gasteiger partial charge in [0, 0.05) is 21.0 Å². The van der Waals surface area contributed by atoms with E-state index in [2.05, 4.69) is 56.3 Å². The Kier molecular flexibility index (Phi) is 5.08. The predicted molar refractivity (Wildman–Crippen MR) is 107 cm³/mol. The zero-order valence-corrected chi connectivity index (χ0v) is 16.0. The van der Waals surface area contributed by atoms with Gasteiger partial charge in [-0.3, -0.25) is 0 Å². The number of halogens is 2. The van der Waals surface area contributed by atoms with E-state index in [-0.39, 0.29) is 5.41 Å². The maximum Gasteiger partial charge on any atom is 0.126 e. The fraction of sp³-hybridized carbons (Fsp3) is 0.182. The third-order valence-corrected chi connectivity index (χ3v) is 5.03. The average Bonchev–Trinajstić information content (AvgIpc) is 2.61. The van der Waals surface area contributed by atoms with Gasteiger partial charge in [0.15, 0.2) is 0 Å². The summed E-state index contributed by atoms with van der Waals surface area (Å²) in [6, 6.07) is 22.3. The molecule has 0 unspecified atom stereocenters. The summed E-state index contributed by atoms with van der Waals surface area (Å²) in [6.45, 7) is 4.43. The molecule has 0 aliphatic heterocycles. The minimum Gasteiger partial charge on any atom is -0.496 e. The van der Waals surface area contributed by atoms with Crippen LogP contribution in [0.2, 0.25) is 10.0 Å². The summed E-state index contributed by atoms with van der Waals surface area (Å²) in [6.07, 6.45) is 0. The summed E-state index contributed by atoms with van der Waals surface area (Å²) in [4.78, 5) is 0. The van der Waals surface area contributed by atoms with Gasteiger partial charge < -0.3 is 4.74 Å². The SMILES string of the molecule is COc1cc(C(C)(C)c2ccccc2)ccc1-c1cc(Cl)cc(Cl)c1. The standard InChI is InChI=1S/C22H20Cl2O/c1-22(2,16-7-5-4-6-8-16)17-9-10-20(21(13-17)25-3)15-11-18(23)14-19(24)12-15/h4-14H,1-3H3. The van der Waals surface area contributed by atoms with E-state index in [1.807, 2.05) is 18.2 Å². The van der Waals surface area contributed by atoms with Crippen molar-refractivity contribution in [3.63, 3.8) is 0 Å². The Bertz CT molecular complexity index is 866. The number of methoxy groups -OCH3 is 1. The van der Waals surface area contributed by atoms with Gasteiger partial charge in [-0.05, 0) is 41.0 Å². The van der Waals surface area contributed by atoms with E-state index in [4.69, 9.17) is 27.9 Å². The van der Waals surface area contributed by atoms with Gasteiger partial charge in [0.05, 0.1) is 7.11 Å². The van der Waals surface area contributed by atoms with E-state index in [1.165, 1.54) is 11.1 Å². The lowest BCUT2D eigenvalue weighted by Crippen LogP contribution is -2.18. The molecule has 3 aromatic carbocycles. The van der Waals surface area contributed by atoms with Crippen molar-refractivity contribution in [1.82, 2.24) is 0 Å². The monoisotopic (exact) mass is 370 g/mol. The van der Waals surface area contributed by atoms with Crippen molar-refractivity contribution in [3.8, 4) is 16.9 Å². The highest BCUT2D eigenvalue weighted by Crippen LogP contribution is 2.39. The lowest BCUT2D eigenvalue weighted by atomic mass is 9.77. The van der Waals surface area contributed by atoms with Crippen molar-refractivity contribution in [2.45, 2.75) is 19.3 Å². The molecule has 0 heterocycles. The van der Waals surface area contributed by atoms with Crippen LogP contribution in [0.3, 0.4) is 0 Å². The molecule has 0 N–H and O–H groups in total. The number of hydrogen-bond donors (Lipinski definition) is 0. The van der Waals surface area contributed by atoms with Crippen LogP contribution in [-0.4, -0.2) is 7.11 Å². The molecule has 25 heavy (non-hydrogen) atoms. The van der Waals surface area contributed by atoms with Crippen molar-refractivity contribution in [1.29, 1.82) is 0 Å². The average molecular weight is 371 g/mol. The molecule has 3 rings (SSSR count). The second-order valence-corrected chi connectivity index (χ2v) is 7.44. The molecule has 128 valence electrons. The Morgan fingerprint density at radius 2 is 1.40 bits per heavy atom. The Morgan fingerprint density at radius 1 is 0.760 bits per heavy atom. The van der Waals surface area contributed by atoms with Crippen LogP contribution in [0, 0.1) is 0 Å². The second-order valence-electron chi connectivity index (χ2n) is 6.56. The maximum atomic E-state index is 6.15. The van der Waals surface area contributed by atoms with Crippen LogP contribution in [0.1, 0.15) is 25.0 Å². The van der Waals surface area contributed by atoms with Crippen LogP contribution >= 0.6 is 23.2 Å². The normalized spacial score (nSPS) is 11.4. The van der Waals surface area contributed by atoms with Gasteiger partial charge in [0.1, 0.15) is 5.75 Å². The van der Waals surface area contributed by atoms with E-state index in [1.54, 1.807) is 13.2 Å². The van der Waals surface area contributed by atoms with Crippen LogP contribution in [-0.2, 0) is 5.41 Å². The molecule has 0 spiro atoms. The van der Waals surface area contributed by atoms with Crippen LogP contribution in [0.15, 0.2) is 66.7 Å². The van der Waals surface area contributed by atoms with Gasteiger partial charge in [-0.2, -0.15) is 0 Å². The van der Waals surface area contributed by atoms with Gasteiger partial charge in [-0.15, -0.1) is 0 Å². The molecule has 0 fully saturated rings. The molecule has 0 amide bonds. The molecule has 0 atom stereocenters. The first kappa shape index (κ1) is 17.8. The molecule has 3 aromatic rings. The fourth-order valence-corrected chi connectivity index (χ4v) is 3.58. The van der Waals surface area contributed by atoms with E-state index in [0.29, 0.717) is 10.0 Å². The zero-order chi connectivity index (χ0) is 18.0.